The van der Waals surface area contributed by atoms with E-state index in [9.17, 15) is 9.59 Å². The van der Waals surface area contributed by atoms with Gasteiger partial charge in [-0.25, -0.2) is 0 Å². The molecule has 4 heteroatoms. The van der Waals surface area contributed by atoms with Gasteiger partial charge >= 0.3 is 0 Å². The standard InChI is InChI=1S/C20H34N2O2/c1-2-7-18(23)22-15-12-20(16-22)11-6-13-21(19(20)24)14-10-17-8-4-3-5-9-17/h17H,2-16H2,1H3/t20-/m0/s1. The topological polar surface area (TPSA) is 40.6 Å². The molecule has 0 N–H and O–H groups in total. The van der Waals surface area contributed by atoms with Crippen LogP contribution in [0.4, 0.5) is 0 Å². The Labute approximate surface area is 146 Å². The molecular formula is C20H34N2O2. The van der Waals surface area contributed by atoms with Gasteiger partial charge in [-0.15, -0.1) is 0 Å². The Kier molecular flexibility index (Phi) is 5.83. The van der Waals surface area contributed by atoms with Gasteiger partial charge < -0.3 is 9.80 Å². The van der Waals surface area contributed by atoms with Crippen LogP contribution in [0.3, 0.4) is 0 Å². The van der Waals surface area contributed by atoms with Crippen molar-refractivity contribution >= 4 is 11.8 Å². The van der Waals surface area contributed by atoms with Crippen molar-refractivity contribution in [3.05, 3.63) is 0 Å². The number of carbonyl (C=O) groups excluding carboxylic acids is 2. The summed E-state index contributed by atoms with van der Waals surface area (Å²) >= 11 is 0. The van der Waals surface area contributed by atoms with Crippen molar-refractivity contribution in [2.45, 2.75) is 77.6 Å². The summed E-state index contributed by atoms with van der Waals surface area (Å²) in [6, 6.07) is 0. The minimum absolute atomic E-state index is 0.238. The predicted octanol–water partition coefficient (Wildman–Crippen LogP) is 3.60. The normalized spacial score (nSPS) is 28.8. The van der Waals surface area contributed by atoms with E-state index in [2.05, 4.69) is 4.90 Å². The van der Waals surface area contributed by atoms with Crippen LogP contribution >= 0.6 is 0 Å². The molecule has 3 fully saturated rings. The number of rotatable bonds is 5. The molecule has 2 saturated heterocycles. The zero-order chi connectivity index (χ0) is 17.0. The van der Waals surface area contributed by atoms with E-state index in [-0.39, 0.29) is 11.3 Å². The van der Waals surface area contributed by atoms with Crippen molar-refractivity contribution < 1.29 is 9.59 Å². The predicted molar refractivity (Wildman–Crippen MR) is 95.5 cm³/mol. The highest BCUT2D eigenvalue weighted by Crippen LogP contribution is 2.40. The average Bonchev–Trinajstić information content (AvgIpc) is 3.03. The molecule has 2 heterocycles. The summed E-state index contributed by atoms with van der Waals surface area (Å²) in [5.74, 6) is 1.41. The van der Waals surface area contributed by atoms with Crippen LogP contribution in [0.25, 0.3) is 0 Å². The van der Waals surface area contributed by atoms with Crippen LogP contribution < -0.4 is 0 Å². The number of likely N-dealkylation sites (tertiary alicyclic amines) is 2. The maximum Gasteiger partial charge on any atom is 0.230 e. The minimum Gasteiger partial charge on any atom is -0.342 e. The molecule has 2 aliphatic heterocycles. The summed E-state index contributed by atoms with van der Waals surface area (Å²) in [6.07, 6.45) is 12.5. The van der Waals surface area contributed by atoms with E-state index in [1.54, 1.807) is 0 Å². The maximum absolute atomic E-state index is 13.1. The number of hydrogen-bond donors (Lipinski definition) is 0. The number of nitrogens with zero attached hydrogens (tertiary/aromatic N) is 2. The van der Waals surface area contributed by atoms with Crippen molar-refractivity contribution in [2.75, 3.05) is 26.2 Å². The van der Waals surface area contributed by atoms with Gasteiger partial charge in [0.25, 0.3) is 0 Å². The Morgan fingerprint density at radius 1 is 1.12 bits per heavy atom. The van der Waals surface area contributed by atoms with Crippen LogP contribution in [-0.4, -0.2) is 47.8 Å². The van der Waals surface area contributed by atoms with E-state index < -0.39 is 0 Å². The van der Waals surface area contributed by atoms with Gasteiger partial charge in [0.1, 0.15) is 0 Å². The highest BCUT2D eigenvalue weighted by Gasteiger charge is 2.49. The third-order valence-corrected chi connectivity index (χ3v) is 6.53. The summed E-state index contributed by atoms with van der Waals surface area (Å²) < 4.78 is 0. The smallest absolute Gasteiger partial charge is 0.230 e. The largest absolute Gasteiger partial charge is 0.342 e. The lowest BCUT2D eigenvalue weighted by atomic mass is 9.78. The first-order valence-corrected chi connectivity index (χ1v) is 10.2. The third kappa shape index (κ3) is 3.78. The minimum atomic E-state index is -0.256. The average molecular weight is 335 g/mol. The molecule has 3 rings (SSSR count). The Morgan fingerprint density at radius 2 is 1.92 bits per heavy atom. The lowest BCUT2D eigenvalue weighted by Crippen LogP contribution is -2.50. The van der Waals surface area contributed by atoms with E-state index in [4.69, 9.17) is 0 Å². The Morgan fingerprint density at radius 3 is 2.67 bits per heavy atom. The summed E-state index contributed by atoms with van der Waals surface area (Å²) in [4.78, 5) is 29.4. The van der Waals surface area contributed by atoms with Crippen molar-refractivity contribution in [1.29, 1.82) is 0 Å². The fraction of sp³-hybridized carbons (Fsp3) is 0.900. The van der Waals surface area contributed by atoms with Crippen molar-refractivity contribution in [1.82, 2.24) is 9.80 Å². The van der Waals surface area contributed by atoms with Gasteiger partial charge in [-0.1, -0.05) is 39.0 Å². The zero-order valence-electron chi connectivity index (χ0n) is 15.4. The summed E-state index contributed by atoms with van der Waals surface area (Å²) in [5.41, 5.74) is -0.256. The van der Waals surface area contributed by atoms with Crippen molar-refractivity contribution in [3.63, 3.8) is 0 Å². The Hall–Kier alpha value is -1.06. The molecular weight excluding hydrogens is 300 g/mol. The Balaban J connectivity index is 1.55. The molecule has 1 atom stereocenters. The van der Waals surface area contributed by atoms with Crippen LogP contribution in [0.15, 0.2) is 0 Å². The molecule has 3 aliphatic rings. The Bertz CT molecular complexity index is 459. The third-order valence-electron chi connectivity index (χ3n) is 6.53. The SMILES string of the molecule is CCCC(=O)N1CC[C@@]2(CCCN(CCC3CCCCC3)C2=O)C1. The van der Waals surface area contributed by atoms with Crippen LogP contribution in [0.5, 0.6) is 0 Å². The van der Waals surface area contributed by atoms with Gasteiger partial charge in [-0.3, -0.25) is 9.59 Å². The number of piperidine rings is 1. The monoisotopic (exact) mass is 334 g/mol. The molecule has 0 unspecified atom stereocenters. The maximum atomic E-state index is 13.1. The molecule has 1 saturated carbocycles. The fourth-order valence-electron chi connectivity index (χ4n) is 5.02. The van der Waals surface area contributed by atoms with Gasteiger partial charge in [0.05, 0.1) is 5.41 Å². The number of amides is 2. The summed E-state index contributed by atoms with van der Waals surface area (Å²) in [7, 11) is 0. The first kappa shape index (κ1) is 17.8. The molecule has 0 aromatic heterocycles. The highest BCUT2D eigenvalue weighted by molar-refractivity contribution is 5.86. The van der Waals surface area contributed by atoms with Crippen molar-refractivity contribution in [3.8, 4) is 0 Å². The van der Waals surface area contributed by atoms with E-state index in [0.29, 0.717) is 18.9 Å². The van der Waals surface area contributed by atoms with Gasteiger partial charge in [0, 0.05) is 32.6 Å². The fourth-order valence-corrected chi connectivity index (χ4v) is 5.02. The second-order valence-electron chi connectivity index (χ2n) is 8.28. The highest BCUT2D eigenvalue weighted by atomic mass is 16.2. The summed E-state index contributed by atoms with van der Waals surface area (Å²) in [5, 5.41) is 0. The van der Waals surface area contributed by atoms with Gasteiger partial charge in [-0.05, 0) is 38.0 Å². The molecule has 0 radical (unpaired) electrons. The zero-order valence-corrected chi connectivity index (χ0v) is 15.4. The molecule has 0 bridgehead atoms. The van der Waals surface area contributed by atoms with Crippen molar-refractivity contribution in [2.24, 2.45) is 11.3 Å². The second kappa shape index (κ2) is 7.88. The van der Waals surface area contributed by atoms with E-state index in [1.165, 1.54) is 38.5 Å². The second-order valence-corrected chi connectivity index (χ2v) is 8.28. The van der Waals surface area contributed by atoms with Crippen LogP contribution in [-0.2, 0) is 9.59 Å². The molecule has 4 nitrogen and oxygen atoms in total. The molecule has 1 spiro atoms. The van der Waals surface area contributed by atoms with Crippen LogP contribution in [0.1, 0.15) is 77.6 Å². The van der Waals surface area contributed by atoms with E-state index in [0.717, 1.165) is 51.2 Å². The molecule has 24 heavy (non-hydrogen) atoms. The van der Waals surface area contributed by atoms with Gasteiger partial charge in [0.2, 0.25) is 11.8 Å². The molecule has 136 valence electrons. The molecule has 0 aromatic rings. The number of hydrogen-bond acceptors (Lipinski definition) is 2. The van der Waals surface area contributed by atoms with Gasteiger partial charge in [-0.2, -0.15) is 0 Å². The number of carbonyl (C=O) groups is 2. The van der Waals surface area contributed by atoms with E-state index >= 15 is 0 Å². The lowest BCUT2D eigenvalue weighted by Gasteiger charge is -2.40. The quantitative estimate of drug-likeness (QED) is 0.771. The van der Waals surface area contributed by atoms with Crippen LogP contribution in [0, 0.1) is 11.3 Å². The molecule has 0 aromatic carbocycles. The van der Waals surface area contributed by atoms with E-state index in [1.807, 2.05) is 11.8 Å². The van der Waals surface area contributed by atoms with Gasteiger partial charge in [0.15, 0.2) is 0 Å². The van der Waals surface area contributed by atoms with Crippen LogP contribution in [0.2, 0.25) is 0 Å². The first-order chi connectivity index (χ1) is 11.6. The summed E-state index contributed by atoms with van der Waals surface area (Å²) in [6.45, 7) is 5.36. The first-order valence-electron chi connectivity index (χ1n) is 10.2. The lowest BCUT2D eigenvalue weighted by molar-refractivity contribution is -0.146. The molecule has 1 aliphatic carbocycles. The molecule has 2 amide bonds.